The highest BCUT2D eigenvalue weighted by Gasteiger charge is 2.30. The average molecular weight is 478 g/mol. The normalized spacial score (nSPS) is 13.2. The van der Waals surface area contributed by atoms with Crippen molar-refractivity contribution in [3.05, 3.63) is 65.5 Å². The van der Waals surface area contributed by atoms with E-state index < -0.39 is 34.3 Å². The van der Waals surface area contributed by atoms with Gasteiger partial charge in [0.2, 0.25) is 21.8 Å². The van der Waals surface area contributed by atoms with Crippen LogP contribution in [0.1, 0.15) is 38.3 Å². The van der Waals surface area contributed by atoms with E-state index in [4.69, 9.17) is 0 Å². The van der Waals surface area contributed by atoms with Crippen molar-refractivity contribution in [1.82, 2.24) is 10.2 Å². The molecule has 0 unspecified atom stereocenters. The van der Waals surface area contributed by atoms with Crippen LogP contribution < -0.4 is 9.62 Å². The van der Waals surface area contributed by atoms with Gasteiger partial charge in [-0.1, -0.05) is 36.8 Å². The maximum absolute atomic E-state index is 13.4. The molecule has 0 saturated carbocycles. The molecule has 0 aliphatic carbocycles. The molecule has 0 spiro atoms. The van der Waals surface area contributed by atoms with Crippen LogP contribution in [0.5, 0.6) is 0 Å². The first kappa shape index (κ1) is 26.3. The van der Waals surface area contributed by atoms with Gasteiger partial charge < -0.3 is 10.2 Å². The Morgan fingerprint density at radius 1 is 1.03 bits per heavy atom. The van der Waals surface area contributed by atoms with Crippen LogP contribution >= 0.6 is 0 Å². The van der Waals surface area contributed by atoms with Gasteiger partial charge in [0.15, 0.2) is 0 Å². The molecule has 0 aromatic heterocycles. The number of halogens is 1. The Hall–Kier alpha value is -2.94. The number of anilines is 1. The molecule has 2 rings (SSSR count). The van der Waals surface area contributed by atoms with E-state index in [1.807, 2.05) is 45.0 Å². The maximum atomic E-state index is 13.4. The minimum atomic E-state index is -3.84. The molecule has 7 nitrogen and oxygen atoms in total. The lowest BCUT2D eigenvalue weighted by atomic mass is 10.1. The lowest BCUT2D eigenvalue weighted by molar-refractivity contribution is -0.139. The van der Waals surface area contributed by atoms with E-state index in [2.05, 4.69) is 5.32 Å². The molecule has 1 N–H and O–H groups in total. The quantitative estimate of drug-likeness (QED) is 0.569. The second-order valence-electron chi connectivity index (χ2n) is 8.25. The van der Waals surface area contributed by atoms with Gasteiger partial charge in [0.05, 0.1) is 11.9 Å². The van der Waals surface area contributed by atoms with Crippen molar-refractivity contribution in [2.45, 2.75) is 52.7 Å². The topological polar surface area (TPSA) is 86.8 Å². The molecule has 2 aromatic carbocycles. The van der Waals surface area contributed by atoms with Crippen LogP contribution in [0.2, 0.25) is 0 Å². The Kier molecular flexibility index (Phi) is 8.99. The molecular formula is C24H32FN3O4S. The number of rotatable bonds is 10. The summed E-state index contributed by atoms with van der Waals surface area (Å²) < 4.78 is 39.1. The van der Waals surface area contributed by atoms with Gasteiger partial charge in [-0.25, -0.2) is 12.8 Å². The smallest absolute Gasteiger partial charge is 0.244 e. The number of benzene rings is 2. The molecule has 0 bridgehead atoms. The maximum Gasteiger partial charge on any atom is 0.244 e. The van der Waals surface area contributed by atoms with E-state index in [0.717, 1.165) is 40.2 Å². The first-order valence-corrected chi connectivity index (χ1v) is 12.7. The van der Waals surface area contributed by atoms with Crippen LogP contribution in [-0.2, 0) is 26.2 Å². The van der Waals surface area contributed by atoms with Crippen LogP contribution in [0.4, 0.5) is 10.1 Å². The number of nitrogens with one attached hydrogen (secondary N) is 1. The summed E-state index contributed by atoms with van der Waals surface area (Å²) in [7, 11) is -3.84. The third-order valence-electron chi connectivity index (χ3n) is 5.44. The highest BCUT2D eigenvalue weighted by atomic mass is 32.2. The van der Waals surface area contributed by atoms with Gasteiger partial charge in [0.1, 0.15) is 18.4 Å². The number of carbonyl (C=O) groups excluding carboxylic acids is 2. The van der Waals surface area contributed by atoms with E-state index >= 15 is 0 Å². The summed E-state index contributed by atoms with van der Waals surface area (Å²) in [5.74, 6) is -1.38. The Labute approximate surface area is 195 Å². The standard InChI is InChI=1S/C24H32FN3O4S/c1-6-18(3)26-24(30)19(4)27(15-20-9-7-17(2)8-10-20)23(29)16-28(33(5,31)32)22-13-11-21(25)12-14-22/h7-14,18-19H,6,15-16H2,1-5H3,(H,26,30)/t18-,19+/m1/s1. The zero-order valence-electron chi connectivity index (χ0n) is 19.7. The van der Waals surface area contributed by atoms with Crippen LogP contribution in [0, 0.1) is 12.7 Å². The molecule has 180 valence electrons. The number of carbonyl (C=O) groups is 2. The molecule has 33 heavy (non-hydrogen) atoms. The summed E-state index contributed by atoms with van der Waals surface area (Å²) in [5.41, 5.74) is 2.03. The minimum absolute atomic E-state index is 0.0667. The van der Waals surface area contributed by atoms with Crippen LogP contribution in [0.25, 0.3) is 0 Å². The average Bonchev–Trinajstić information content (AvgIpc) is 2.76. The van der Waals surface area contributed by atoms with Crippen molar-refractivity contribution in [2.24, 2.45) is 0 Å². The van der Waals surface area contributed by atoms with Crippen molar-refractivity contribution >= 4 is 27.5 Å². The summed E-state index contributed by atoms with van der Waals surface area (Å²) in [6.45, 7) is 6.99. The fourth-order valence-corrected chi connectivity index (χ4v) is 4.01. The molecule has 9 heteroatoms. The molecule has 0 fully saturated rings. The number of amides is 2. The predicted octanol–water partition coefficient (Wildman–Crippen LogP) is 3.23. The third-order valence-corrected chi connectivity index (χ3v) is 6.58. The lowest BCUT2D eigenvalue weighted by Gasteiger charge is -2.32. The molecule has 0 radical (unpaired) electrons. The van der Waals surface area contributed by atoms with E-state index in [9.17, 15) is 22.4 Å². The largest absolute Gasteiger partial charge is 0.352 e. The van der Waals surface area contributed by atoms with Crippen molar-refractivity contribution in [1.29, 1.82) is 0 Å². The first-order chi connectivity index (χ1) is 15.4. The highest BCUT2D eigenvalue weighted by molar-refractivity contribution is 7.92. The van der Waals surface area contributed by atoms with Gasteiger partial charge in [-0.15, -0.1) is 0 Å². The zero-order chi connectivity index (χ0) is 24.8. The van der Waals surface area contributed by atoms with Crippen molar-refractivity contribution in [2.75, 3.05) is 17.1 Å². The van der Waals surface area contributed by atoms with Crippen molar-refractivity contribution in [3.63, 3.8) is 0 Å². The van der Waals surface area contributed by atoms with Crippen LogP contribution in [0.3, 0.4) is 0 Å². The van der Waals surface area contributed by atoms with Gasteiger partial charge >= 0.3 is 0 Å². The zero-order valence-corrected chi connectivity index (χ0v) is 20.5. The summed E-state index contributed by atoms with van der Waals surface area (Å²) in [4.78, 5) is 27.6. The lowest BCUT2D eigenvalue weighted by Crippen LogP contribution is -2.52. The molecule has 2 aromatic rings. The summed E-state index contributed by atoms with van der Waals surface area (Å²) >= 11 is 0. The SMILES string of the molecule is CC[C@@H](C)NC(=O)[C@H](C)N(Cc1ccc(C)cc1)C(=O)CN(c1ccc(F)cc1)S(C)(=O)=O. The summed E-state index contributed by atoms with van der Waals surface area (Å²) in [6, 6.07) is 11.5. The molecule has 0 aliphatic heterocycles. The van der Waals surface area contributed by atoms with Gasteiger partial charge in [0.25, 0.3) is 0 Å². The molecule has 2 amide bonds. The number of sulfonamides is 1. The summed E-state index contributed by atoms with van der Waals surface area (Å²) in [5, 5.41) is 2.87. The van der Waals surface area contributed by atoms with Crippen molar-refractivity contribution < 1.29 is 22.4 Å². The third kappa shape index (κ3) is 7.56. The number of aryl methyl sites for hydroxylation is 1. The first-order valence-electron chi connectivity index (χ1n) is 10.8. The fraction of sp³-hybridized carbons (Fsp3) is 0.417. The fourth-order valence-electron chi connectivity index (χ4n) is 3.16. The van der Waals surface area contributed by atoms with Gasteiger partial charge in [-0.2, -0.15) is 0 Å². The van der Waals surface area contributed by atoms with E-state index in [1.165, 1.54) is 17.0 Å². The molecule has 2 atom stereocenters. The Bertz CT molecular complexity index is 1060. The molecule has 0 saturated heterocycles. The Morgan fingerprint density at radius 2 is 1.61 bits per heavy atom. The van der Waals surface area contributed by atoms with E-state index in [-0.39, 0.29) is 24.2 Å². The molecule has 0 heterocycles. The second-order valence-corrected chi connectivity index (χ2v) is 10.2. The Balaban J connectivity index is 2.36. The predicted molar refractivity (Wildman–Crippen MR) is 128 cm³/mol. The van der Waals surface area contributed by atoms with Crippen molar-refractivity contribution in [3.8, 4) is 0 Å². The molecule has 0 aliphatic rings. The minimum Gasteiger partial charge on any atom is -0.352 e. The number of nitrogens with zero attached hydrogens (tertiary/aromatic N) is 2. The van der Waals surface area contributed by atoms with E-state index in [1.54, 1.807) is 6.92 Å². The number of hydrogen-bond acceptors (Lipinski definition) is 4. The van der Waals surface area contributed by atoms with Crippen LogP contribution in [-0.4, -0.2) is 50.0 Å². The summed E-state index contributed by atoms with van der Waals surface area (Å²) in [6.07, 6.45) is 1.71. The Morgan fingerprint density at radius 3 is 2.12 bits per heavy atom. The monoisotopic (exact) mass is 477 g/mol. The highest BCUT2D eigenvalue weighted by Crippen LogP contribution is 2.19. The van der Waals surface area contributed by atoms with Crippen LogP contribution in [0.15, 0.2) is 48.5 Å². The van der Waals surface area contributed by atoms with Gasteiger partial charge in [-0.05, 0) is 57.0 Å². The van der Waals surface area contributed by atoms with Gasteiger partial charge in [-0.3, -0.25) is 13.9 Å². The van der Waals surface area contributed by atoms with Gasteiger partial charge in [0, 0.05) is 12.6 Å². The van der Waals surface area contributed by atoms with E-state index in [0.29, 0.717) is 0 Å². The molecular weight excluding hydrogens is 445 g/mol. The second kappa shape index (κ2) is 11.3. The number of hydrogen-bond donors (Lipinski definition) is 1.